The Kier molecular flexibility index (Phi) is 5.98. The van der Waals surface area contributed by atoms with Crippen molar-refractivity contribution in [1.29, 1.82) is 0 Å². The summed E-state index contributed by atoms with van der Waals surface area (Å²) in [5.74, 6) is 0.265. The SMILES string of the molecule is CC(C)=CCC[C@](C)(O)[C@H]1CC[C@@]2(C)[C@@H]3CC=C4[C@@H](C[C@H](O)C(=O)C4(C)C)[C@]3(C)C(=O)C[C@]12C. The van der Waals surface area contributed by atoms with Gasteiger partial charge in [-0.3, -0.25) is 9.59 Å². The highest BCUT2D eigenvalue weighted by molar-refractivity contribution is 5.94. The smallest absolute Gasteiger partial charge is 0.170 e. The van der Waals surface area contributed by atoms with E-state index in [0.717, 1.165) is 31.3 Å². The molecular formula is C30H46O4. The maximum absolute atomic E-state index is 14.2. The van der Waals surface area contributed by atoms with Crippen molar-refractivity contribution in [2.75, 3.05) is 0 Å². The lowest BCUT2D eigenvalue weighted by molar-refractivity contribution is -0.181. The van der Waals surface area contributed by atoms with Crippen LogP contribution < -0.4 is 0 Å². The Morgan fingerprint density at radius 1 is 1.15 bits per heavy atom. The number of carbonyl (C=O) groups excluding carboxylic acids is 2. The molecule has 190 valence electrons. The van der Waals surface area contributed by atoms with E-state index in [2.05, 4.69) is 46.8 Å². The second kappa shape index (κ2) is 7.87. The summed E-state index contributed by atoms with van der Waals surface area (Å²) in [6, 6.07) is 0. The predicted molar refractivity (Wildman–Crippen MR) is 135 cm³/mol. The van der Waals surface area contributed by atoms with Gasteiger partial charge in [0.25, 0.3) is 0 Å². The minimum atomic E-state index is -1.01. The van der Waals surface area contributed by atoms with E-state index >= 15 is 0 Å². The van der Waals surface area contributed by atoms with Gasteiger partial charge in [-0.15, -0.1) is 0 Å². The van der Waals surface area contributed by atoms with Crippen molar-refractivity contribution in [2.45, 2.75) is 112 Å². The largest absolute Gasteiger partial charge is 0.390 e. The maximum Gasteiger partial charge on any atom is 0.170 e. The molecule has 0 aromatic carbocycles. The van der Waals surface area contributed by atoms with Gasteiger partial charge in [0.1, 0.15) is 11.9 Å². The van der Waals surface area contributed by atoms with Crippen molar-refractivity contribution in [3.63, 3.8) is 0 Å². The summed E-state index contributed by atoms with van der Waals surface area (Å²) in [5, 5.41) is 22.4. The number of rotatable bonds is 4. The molecule has 3 saturated carbocycles. The quantitative estimate of drug-likeness (QED) is 0.509. The van der Waals surface area contributed by atoms with Gasteiger partial charge in [0.15, 0.2) is 5.78 Å². The molecule has 0 saturated heterocycles. The molecule has 0 aromatic rings. The van der Waals surface area contributed by atoms with Crippen LogP contribution in [0.4, 0.5) is 0 Å². The molecule has 0 spiro atoms. The molecule has 2 N–H and O–H groups in total. The Bertz CT molecular complexity index is 951. The fourth-order valence-corrected chi connectivity index (χ4v) is 9.15. The van der Waals surface area contributed by atoms with Crippen LogP contribution >= 0.6 is 0 Å². The molecule has 0 radical (unpaired) electrons. The number of aliphatic hydroxyl groups excluding tert-OH is 1. The number of ketones is 2. The number of allylic oxidation sites excluding steroid dienone is 4. The van der Waals surface area contributed by atoms with Crippen molar-refractivity contribution in [2.24, 2.45) is 39.4 Å². The normalized spacial score (nSPS) is 44.9. The number of hydrogen-bond acceptors (Lipinski definition) is 4. The molecule has 3 fully saturated rings. The van der Waals surface area contributed by atoms with Crippen molar-refractivity contribution in [1.82, 2.24) is 0 Å². The van der Waals surface area contributed by atoms with E-state index in [1.54, 1.807) is 0 Å². The highest BCUT2D eigenvalue weighted by Crippen LogP contribution is 2.74. The average molecular weight is 471 g/mol. The van der Waals surface area contributed by atoms with Gasteiger partial charge >= 0.3 is 0 Å². The van der Waals surface area contributed by atoms with Crippen LogP contribution in [0.1, 0.15) is 100 Å². The summed E-state index contributed by atoms with van der Waals surface area (Å²) in [6.07, 6.45) is 8.53. The second-order valence-electron chi connectivity index (χ2n) is 13.7. The van der Waals surface area contributed by atoms with Crippen LogP contribution in [-0.4, -0.2) is 33.5 Å². The molecule has 8 atom stereocenters. The molecule has 0 unspecified atom stereocenters. The zero-order valence-corrected chi connectivity index (χ0v) is 22.6. The van der Waals surface area contributed by atoms with E-state index in [0.29, 0.717) is 19.3 Å². The lowest BCUT2D eigenvalue weighted by atomic mass is 9.38. The zero-order chi connectivity index (χ0) is 25.5. The number of fused-ring (bicyclic) bond motifs is 5. The Morgan fingerprint density at radius 3 is 2.41 bits per heavy atom. The maximum atomic E-state index is 14.2. The third-order valence-electron chi connectivity index (χ3n) is 11.4. The van der Waals surface area contributed by atoms with Gasteiger partial charge < -0.3 is 10.2 Å². The molecular weight excluding hydrogens is 424 g/mol. The average Bonchev–Trinajstić information content (AvgIpc) is 2.98. The Morgan fingerprint density at radius 2 is 1.79 bits per heavy atom. The molecule has 4 aliphatic carbocycles. The van der Waals surface area contributed by atoms with Crippen molar-refractivity contribution in [3.05, 3.63) is 23.3 Å². The number of aliphatic hydroxyl groups is 2. The molecule has 0 amide bonds. The van der Waals surface area contributed by atoms with Crippen LogP contribution in [0.2, 0.25) is 0 Å². The van der Waals surface area contributed by atoms with Crippen LogP contribution in [-0.2, 0) is 9.59 Å². The summed E-state index contributed by atoms with van der Waals surface area (Å²) >= 11 is 0. The first-order valence-corrected chi connectivity index (χ1v) is 13.4. The highest BCUT2D eigenvalue weighted by atomic mass is 16.3. The van der Waals surface area contributed by atoms with E-state index in [1.807, 2.05) is 20.8 Å². The second-order valence-corrected chi connectivity index (χ2v) is 13.7. The first kappa shape index (κ1) is 25.8. The van der Waals surface area contributed by atoms with Gasteiger partial charge in [-0.25, -0.2) is 0 Å². The lowest BCUT2D eigenvalue weighted by Crippen LogP contribution is -2.64. The molecule has 0 aromatic heterocycles. The summed E-state index contributed by atoms with van der Waals surface area (Å²) in [7, 11) is 0. The lowest BCUT2D eigenvalue weighted by Gasteiger charge is -2.64. The fraction of sp³-hybridized carbons (Fsp3) is 0.800. The van der Waals surface area contributed by atoms with E-state index in [4.69, 9.17) is 0 Å². The molecule has 0 heterocycles. The van der Waals surface area contributed by atoms with Crippen LogP contribution in [0.5, 0.6) is 0 Å². The van der Waals surface area contributed by atoms with E-state index in [-0.39, 0.29) is 40.2 Å². The van der Waals surface area contributed by atoms with Crippen LogP contribution in [0.3, 0.4) is 0 Å². The van der Waals surface area contributed by atoms with Crippen molar-refractivity contribution >= 4 is 11.6 Å². The monoisotopic (exact) mass is 470 g/mol. The zero-order valence-electron chi connectivity index (χ0n) is 22.6. The fourth-order valence-electron chi connectivity index (χ4n) is 9.15. The summed E-state index contributed by atoms with van der Waals surface area (Å²) in [5.41, 5.74) is -0.164. The van der Waals surface area contributed by atoms with Gasteiger partial charge in [0, 0.05) is 17.3 Å². The molecule has 4 nitrogen and oxygen atoms in total. The highest BCUT2D eigenvalue weighted by Gasteiger charge is 2.71. The molecule has 0 aliphatic heterocycles. The van der Waals surface area contributed by atoms with Crippen LogP contribution in [0.25, 0.3) is 0 Å². The predicted octanol–water partition coefficient (Wildman–Crippen LogP) is 5.81. The van der Waals surface area contributed by atoms with Gasteiger partial charge in [-0.1, -0.05) is 44.1 Å². The van der Waals surface area contributed by atoms with Crippen molar-refractivity contribution in [3.8, 4) is 0 Å². The third kappa shape index (κ3) is 3.30. The third-order valence-corrected chi connectivity index (χ3v) is 11.4. The Hall–Kier alpha value is -1.26. The molecule has 4 heteroatoms. The molecule has 0 bridgehead atoms. The van der Waals surface area contributed by atoms with E-state index < -0.39 is 22.5 Å². The minimum absolute atomic E-state index is 0.0735. The van der Waals surface area contributed by atoms with Crippen LogP contribution in [0, 0.1) is 39.4 Å². The van der Waals surface area contributed by atoms with Crippen molar-refractivity contribution < 1.29 is 19.8 Å². The molecule has 4 rings (SSSR count). The minimum Gasteiger partial charge on any atom is -0.390 e. The topological polar surface area (TPSA) is 74.6 Å². The van der Waals surface area contributed by atoms with Crippen LogP contribution in [0.15, 0.2) is 23.3 Å². The van der Waals surface area contributed by atoms with Gasteiger partial charge in [0.2, 0.25) is 0 Å². The summed E-state index contributed by atoms with van der Waals surface area (Å²) in [4.78, 5) is 27.0. The Labute approximate surface area is 206 Å². The number of hydrogen-bond donors (Lipinski definition) is 2. The van der Waals surface area contributed by atoms with E-state index in [1.165, 1.54) is 5.57 Å². The first-order valence-electron chi connectivity index (χ1n) is 13.4. The first-order chi connectivity index (χ1) is 15.5. The van der Waals surface area contributed by atoms with Gasteiger partial charge in [0.05, 0.1) is 5.60 Å². The summed E-state index contributed by atoms with van der Waals surface area (Å²) in [6.45, 7) is 16.7. The Balaban J connectivity index is 1.74. The number of carbonyl (C=O) groups is 2. The van der Waals surface area contributed by atoms with Gasteiger partial charge in [-0.2, -0.15) is 0 Å². The molecule has 4 aliphatic rings. The number of Topliss-reactive ketones (excluding diaryl/α,β-unsaturated/α-hetero) is 2. The van der Waals surface area contributed by atoms with E-state index in [9.17, 15) is 19.8 Å². The van der Waals surface area contributed by atoms with Gasteiger partial charge in [-0.05, 0) is 102 Å². The standard InChI is InChI=1S/C30H46O4/c1-18(2)10-9-14-29(7,34)22-13-15-27(5)23-12-11-19-20(16-21(31)25(33)26(19,3)4)30(23,8)24(32)17-28(22,27)6/h10-11,20-23,31,34H,9,12-17H2,1-8H3/t20-,21+,22+,23+,27+,28-,29+,30+/m1/s1. The molecule has 34 heavy (non-hydrogen) atoms. The summed E-state index contributed by atoms with van der Waals surface area (Å²) < 4.78 is 0.